The average molecular weight is 288 g/mol. The summed E-state index contributed by atoms with van der Waals surface area (Å²) >= 11 is 1.71. The van der Waals surface area contributed by atoms with Crippen LogP contribution in [0.2, 0.25) is 0 Å². The van der Waals surface area contributed by atoms with E-state index in [9.17, 15) is 5.26 Å². The number of imidazole rings is 1. The summed E-state index contributed by atoms with van der Waals surface area (Å²) in [5.74, 6) is 0.961. The molecule has 2 N–H and O–H groups in total. The summed E-state index contributed by atoms with van der Waals surface area (Å²) in [5, 5.41) is 13.4. The van der Waals surface area contributed by atoms with Gasteiger partial charge in [-0.1, -0.05) is 30.8 Å². The summed E-state index contributed by atoms with van der Waals surface area (Å²) in [7, 11) is 0. The molecule has 0 amide bonds. The first-order chi connectivity index (χ1) is 9.67. The Kier molecular flexibility index (Phi) is 5.05. The van der Waals surface area contributed by atoms with Gasteiger partial charge in [-0.2, -0.15) is 5.26 Å². The summed E-state index contributed by atoms with van der Waals surface area (Å²) in [4.78, 5) is 7.83. The number of hydrogen-bond donors (Lipinski definition) is 2. The molecule has 0 saturated carbocycles. The number of nitrogens with one attached hydrogen (secondary N) is 2. The lowest BCUT2D eigenvalue weighted by Gasteiger charge is -2.21. The van der Waals surface area contributed by atoms with E-state index >= 15 is 0 Å². The second kappa shape index (κ2) is 6.78. The Morgan fingerprint density at radius 2 is 2.25 bits per heavy atom. The standard InChI is InChI=1S/C15H20N4S/c1-3-17-15(2,11-16)9-6-10-20-14-18-12-7-4-5-8-13(12)19-14/h4-5,7-8,17H,3,6,9-10H2,1-2H3,(H,18,19). The van der Waals surface area contributed by atoms with Crippen LogP contribution < -0.4 is 5.32 Å². The SMILES string of the molecule is CCNC(C)(C#N)CCCSc1nc2ccccc2[nH]1. The van der Waals surface area contributed by atoms with Crippen molar-refractivity contribution in [3.8, 4) is 6.07 Å². The molecule has 0 aliphatic carbocycles. The van der Waals surface area contributed by atoms with Gasteiger partial charge in [0, 0.05) is 5.75 Å². The summed E-state index contributed by atoms with van der Waals surface area (Å²) in [6, 6.07) is 10.4. The predicted octanol–water partition coefficient (Wildman–Crippen LogP) is 3.33. The van der Waals surface area contributed by atoms with Gasteiger partial charge in [0.05, 0.1) is 17.1 Å². The van der Waals surface area contributed by atoms with Crippen LogP contribution in [-0.4, -0.2) is 27.8 Å². The molecule has 1 unspecified atom stereocenters. The van der Waals surface area contributed by atoms with Crippen LogP contribution in [0.5, 0.6) is 0 Å². The quantitative estimate of drug-likeness (QED) is 0.606. The number of hydrogen-bond acceptors (Lipinski definition) is 4. The molecule has 2 rings (SSSR count). The van der Waals surface area contributed by atoms with E-state index in [1.54, 1.807) is 11.8 Å². The molecule has 0 bridgehead atoms. The van der Waals surface area contributed by atoms with Crippen LogP contribution in [0.15, 0.2) is 29.4 Å². The summed E-state index contributed by atoms with van der Waals surface area (Å²) < 4.78 is 0. The lowest BCUT2D eigenvalue weighted by Crippen LogP contribution is -2.40. The Morgan fingerprint density at radius 1 is 1.45 bits per heavy atom. The molecule has 1 aromatic heterocycles. The summed E-state index contributed by atoms with van der Waals surface area (Å²) in [5.41, 5.74) is 1.66. The molecular formula is C15H20N4S. The van der Waals surface area contributed by atoms with Crippen LogP contribution in [0.25, 0.3) is 11.0 Å². The number of thioether (sulfide) groups is 1. The van der Waals surface area contributed by atoms with Gasteiger partial charge in [0.15, 0.2) is 5.16 Å². The third-order valence-corrected chi connectivity index (χ3v) is 4.20. The van der Waals surface area contributed by atoms with Crippen molar-refractivity contribution >= 4 is 22.8 Å². The van der Waals surface area contributed by atoms with Crippen LogP contribution in [0.3, 0.4) is 0 Å². The van der Waals surface area contributed by atoms with E-state index in [1.165, 1.54) is 0 Å². The molecule has 1 heterocycles. The molecule has 106 valence electrons. The lowest BCUT2D eigenvalue weighted by molar-refractivity contribution is 0.426. The molecule has 1 atom stereocenters. The van der Waals surface area contributed by atoms with Gasteiger partial charge in [0.2, 0.25) is 0 Å². The fourth-order valence-electron chi connectivity index (χ4n) is 2.17. The number of para-hydroxylation sites is 2. The van der Waals surface area contributed by atoms with Crippen molar-refractivity contribution in [3.63, 3.8) is 0 Å². The number of nitriles is 1. The number of aromatic nitrogens is 2. The largest absolute Gasteiger partial charge is 0.333 e. The molecule has 2 aromatic rings. The second-order valence-corrected chi connectivity index (χ2v) is 6.07. The molecule has 0 spiro atoms. The maximum absolute atomic E-state index is 9.19. The zero-order valence-electron chi connectivity index (χ0n) is 11.9. The second-order valence-electron chi connectivity index (χ2n) is 4.99. The minimum atomic E-state index is -0.414. The van der Waals surface area contributed by atoms with Crippen LogP contribution in [0.4, 0.5) is 0 Å². The Balaban J connectivity index is 1.83. The number of benzene rings is 1. The van der Waals surface area contributed by atoms with Crippen molar-refractivity contribution in [2.45, 2.75) is 37.4 Å². The Morgan fingerprint density at radius 3 is 2.95 bits per heavy atom. The molecule has 0 fully saturated rings. The molecule has 0 radical (unpaired) electrons. The van der Waals surface area contributed by atoms with Crippen molar-refractivity contribution < 1.29 is 0 Å². The highest BCUT2D eigenvalue weighted by molar-refractivity contribution is 7.99. The monoisotopic (exact) mass is 288 g/mol. The summed E-state index contributed by atoms with van der Waals surface area (Å²) in [6.07, 6.45) is 1.84. The molecule has 0 aliphatic rings. The first kappa shape index (κ1) is 14.9. The first-order valence-corrected chi connectivity index (χ1v) is 7.89. The Bertz CT molecular complexity index is 568. The fraction of sp³-hybridized carbons (Fsp3) is 0.467. The summed E-state index contributed by atoms with van der Waals surface area (Å²) in [6.45, 7) is 4.81. The van der Waals surface area contributed by atoms with Gasteiger partial charge in [-0.3, -0.25) is 5.32 Å². The number of aromatic amines is 1. The van der Waals surface area contributed by atoms with Gasteiger partial charge in [-0.05, 0) is 38.4 Å². The highest BCUT2D eigenvalue weighted by Gasteiger charge is 2.21. The molecular weight excluding hydrogens is 268 g/mol. The van der Waals surface area contributed by atoms with Crippen LogP contribution in [0.1, 0.15) is 26.7 Å². The number of fused-ring (bicyclic) bond motifs is 1. The highest BCUT2D eigenvalue weighted by Crippen LogP contribution is 2.21. The first-order valence-electron chi connectivity index (χ1n) is 6.91. The van der Waals surface area contributed by atoms with E-state index in [-0.39, 0.29) is 0 Å². The predicted molar refractivity (Wildman–Crippen MR) is 83.7 cm³/mol. The normalized spacial score (nSPS) is 14.1. The average Bonchev–Trinajstić information content (AvgIpc) is 2.87. The van der Waals surface area contributed by atoms with E-state index < -0.39 is 5.54 Å². The van der Waals surface area contributed by atoms with Gasteiger partial charge in [0.25, 0.3) is 0 Å². The zero-order chi connectivity index (χ0) is 14.4. The highest BCUT2D eigenvalue weighted by atomic mass is 32.2. The lowest BCUT2D eigenvalue weighted by atomic mass is 9.98. The topological polar surface area (TPSA) is 64.5 Å². The Hall–Kier alpha value is -1.51. The van der Waals surface area contributed by atoms with E-state index in [2.05, 4.69) is 21.4 Å². The molecule has 1 aromatic carbocycles. The molecule has 0 aliphatic heterocycles. The Labute approximate surface area is 124 Å². The van der Waals surface area contributed by atoms with E-state index in [4.69, 9.17) is 0 Å². The van der Waals surface area contributed by atoms with Gasteiger partial charge in [-0.15, -0.1) is 0 Å². The number of rotatable bonds is 7. The van der Waals surface area contributed by atoms with Crippen molar-refractivity contribution in [2.24, 2.45) is 0 Å². The third-order valence-electron chi connectivity index (χ3n) is 3.24. The zero-order valence-corrected chi connectivity index (χ0v) is 12.8. The fourth-order valence-corrected chi connectivity index (χ4v) is 2.99. The van der Waals surface area contributed by atoms with Crippen LogP contribution >= 0.6 is 11.8 Å². The molecule has 0 saturated heterocycles. The minimum absolute atomic E-state index is 0.414. The minimum Gasteiger partial charge on any atom is -0.333 e. The van der Waals surface area contributed by atoms with Crippen molar-refractivity contribution in [3.05, 3.63) is 24.3 Å². The number of H-pyrrole nitrogens is 1. The van der Waals surface area contributed by atoms with E-state index in [1.807, 2.05) is 38.1 Å². The smallest absolute Gasteiger partial charge is 0.166 e. The molecule has 5 heteroatoms. The molecule has 4 nitrogen and oxygen atoms in total. The molecule has 20 heavy (non-hydrogen) atoms. The van der Waals surface area contributed by atoms with Crippen LogP contribution in [-0.2, 0) is 0 Å². The van der Waals surface area contributed by atoms with Crippen molar-refractivity contribution in [1.29, 1.82) is 5.26 Å². The van der Waals surface area contributed by atoms with Gasteiger partial charge in [-0.25, -0.2) is 4.98 Å². The maximum Gasteiger partial charge on any atom is 0.166 e. The van der Waals surface area contributed by atoms with E-state index in [0.29, 0.717) is 0 Å². The van der Waals surface area contributed by atoms with Gasteiger partial charge in [0.1, 0.15) is 5.54 Å². The maximum atomic E-state index is 9.19. The van der Waals surface area contributed by atoms with Crippen molar-refractivity contribution in [1.82, 2.24) is 15.3 Å². The van der Waals surface area contributed by atoms with Crippen molar-refractivity contribution in [2.75, 3.05) is 12.3 Å². The van der Waals surface area contributed by atoms with Gasteiger partial charge < -0.3 is 4.98 Å². The van der Waals surface area contributed by atoms with Gasteiger partial charge >= 0.3 is 0 Å². The van der Waals surface area contributed by atoms with Crippen LogP contribution in [0, 0.1) is 11.3 Å². The third kappa shape index (κ3) is 3.75. The van der Waals surface area contributed by atoms with E-state index in [0.717, 1.165) is 41.3 Å². The number of nitrogens with zero attached hydrogens (tertiary/aromatic N) is 2.